The van der Waals surface area contributed by atoms with Crippen LogP contribution in [0.15, 0.2) is 34.9 Å². The Morgan fingerprint density at radius 2 is 2.14 bits per heavy atom. The molecule has 29 heavy (non-hydrogen) atoms. The Labute approximate surface area is 179 Å². The highest BCUT2D eigenvalue weighted by molar-refractivity contribution is 9.10. The first-order valence-electron chi connectivity index (χ1n) is 10.0. The summed E-state index contributed by atoms with van der Waals surface area (Å²) in [6.07, 6.45) is 2.28. The third-order valence-electron chi connectivity index (χ3n) is 4.82. The summed E-state index contributed by atoms with van der Waals surface area (Å²) in [4.78, 5) is 14.8. The second-order valence-electron chi connectivity index (χ2n) is 6.96. The summed E-state index contributed by atoms with van der Waals surface area (Å²) in [7, 11) is 0. The van der Waals surface area contributed by atoms with Crippen LogP contribution in [0.1, 0.15) is 30.8 Å². The van der Waals surface area contributed by atoms with E-state index in [2.05, 4.69) is 48.6 Å². The van der Waals surface area contributed by atoms with Gasteiger partial charge >= 0.3 is 0 Å². The average Bonchev–Trinajstić information content (AvgIpc) is 3.36. The molecule has 0 aliphatic carbocycles. The Bertz CT molecular complexity index is 794. The van der Waals surface area contributed by atoms with Crippen molar-refractivity contribution in [3.63, 3.8) is 0 Å². The number of amides is 1. The highest BCUT2D eigenvalue weighted by Crippen LogP contribution is 2.25. The molecule has 9 heteroatoms. The number of benzene rings is 1. The number of carbonyl (C=O) groups is 1. The molecule has 1 fully saturated rings. The Balaban J connectivity index is 1.47. The molecule has 3 rings (SSSR count). The second kappa shape index (κ2) is 10.7. The SMILES string of the molecule is CCOC(Cn1cc(C(=O)NCC2CCN(c3cccc(Br)c3)C2)nn1)OCC. The van der Waals surface area contributed by atoms with E-state index < -0.39 is 6.29 Å². The molecular weight excluding hydrogens is 438 g/mol. The molecule has 0 spiro atoms. The average molecular weight is 466 g/mol. The lowest BCUT2D eigenvalue weighted by atomic mass is 10.1. The molecule has 0 radical (unpaired) electrons. The first-order valence-corrected chi connectivity index (χ1v) is 10.8. The van der Waals surface area contributed by atoms with Crippen molar-refractivity contribution >= 4 is 27.5 Å². The third-order valence-corrected chi connectivity index (χ3v) is 5.32. The molecule has 1 aromatic heterocycles. The number of halogens is 1. The number of hydrogen-bond acceptors (Lipinski definition) is 6. The number of carbonyl (C=O) groups excluding carboxylic acids is 1. The zero-order valence-electron chi connectivity index (χ0n) is 16.9. The van der Waals surface area contributed by atoms with E-state index in [9.17, 15) is 4.79 Å². The van der Waals surface area contributed by atoms with Gasteiger partial charge in [-0.1, -0.05) is 27.2 Å². The molecule has 1 aliphatic heterocycles. The minimum atomic E-state index is -0.398. The summed E-state index contributed by atoms with van der Waals surface area (Å²) in [6.45, 7) is 7.84. The van der Waals surface area contributed by atoms with Crippen molar-refractivity contribution in [2.24, 2.45) is 5.92 Å². The van der Waals surface area contributed by atoms with E-state index in [-0.39, 0.29) is 5.91 Å². The lowest BCUT2D eigenvalue weighted by Gasteiger charge is -2.19. The number of anilines is 1. The summed E-state index contributed by atoms with van der Waals surface area (Å²) < 4.78 is 13.7. The minimum Gasteiger partial charge on any atom is -0.371 e. The van der Waals surface area contributed by atoms with Gasteiger partial charge in [-0.05, 0) is 44.4 Å². The van der Waals surface area contributed by atoms with E-state index in [1.54, 1.807) is 10.9 Å². The molecule has 1 atom stereocenters. The number of nitrogens with zero attached hydrogens (tertiary/aromatic N) is 4. The Morgan fingerprint density at radius 1 is 1.34 bits per heavy atom. The van der Waals surface area contributed by atoms with Crippen LogP contribution in [0.25, 0.3) is 0 Å². The normalized spacial score (nSPS) is 16.6. The number of aromatic nitrogens is 3. The van der Waals surface area contributed by atoms with Crippen LogP contribution in [-0.2, 0) is 16.0 Å². The van der Waals surface area contributed by atoms with Crippen LogP contribution in [0.2, 0.25) is 0 Å². The highest BCUT2D eigenvalue weighted by atomic mass is 79.9. The van der Waals surface area contributed by atoms with Crippen LogP contribution >= 0.6 is 15.9 Å². The summed E-state index contributed by atoms with van der Waals surface area (Å²) >= 11 is 3.52. The van der Waals surface area contributed by atoms with Crippen molar-refractivity contribution < 1.29 is 14.3 Å². The van der Waals surface area contributed by atoms with Crippen molar-refractivity contribution in [3.8, 4) is 0 Å². The van der Waals surface area contributed by atoms with Crippen LogP contribution in [0.4, 0.5) is 5.69 Å². The van der Waals surface area contributed by atoms with Gasteiger partial charge in [0.25, 0.3) is 5.91 Å². The molecule has 158 valence electrons. The van der Waals surface area contributed by atoms with E-state index in [0.29, 0.717) is 37.9 Å². The Hall–Kier alpha value is -1.97. The van der Waals surface area contributed by atoms with Crippen molar-refractivity contribution in [2.45, 2.75) is 33.1 Å². The summed E-state index contributed by atoms with van der Waals surface area (Å²) in [6, 6.07) is 8.30. The first kappa shape index (κ1) is 21.7. The van der Waals surface area contributed by atoms with Crippen LogP contribution in [0.5, 0.6) is 0 Å². The van der Waals surface area contributed by atoms with Crippen molar-refractivity contribution in [1.29, 1.82) is 0 Å². The predicted octanol–water partition coefficient (Wildman–Crippen LogP) is 2.70. The Kier molecular flexibility index (Phi) is 8.02. The molecule has 1 aliphatic rings. The van der Waals surface area contributed by atoms with Gasteiger partial charge in [-0.2, -0.15) is 0 Å². The van der Waals surface area contributed by atoms with Crippen LogP contribution < -0.4 is 10.2 Å². The fraction of sp³-hybridized carbons (Fsp3) is 0.550. The van der Waals surface area contributed by atoms with Gasteiger partial charge in [-0.3, -0.25) is 4.79 Å². The quantitative estimate of drug-likeness (QED) is 0.543. The standard InChI is InChI=1S/C20H28BrN5O3/c1-3-28-19(29-4-2)14-26-13-18(23-24-26)20(27)22-11-15-8-9-25(12-15)17-7-5-6-16(21)10-17/h5-7,10,13,15,19H,3-4,8-9,11-12,14H2,1-2H3,(H,22,27). The van der Waals surface area contributed by atoms with Crippen LogP contribution in [-0.4, -0.2) is 60.0 Å². The van der Waals surface area contributed by atoms with Gasteiger partial charge in [0.2, 0.25) is 0 Å². The Morgan fingerprint density at radius 3 is 2.86 bits per heavy atom. The maximum atomic E-state index is 12.4. The van der Waals surface area contributed by atoms with Crippen molar-refractivity contribution in [1.82, 2.24) is 20.3 Å². The summed E-state index contributed by atoms with van der Waals surface area (Å²) in [5.41, 5.74) is 1.51. The van der Waals surface area contributed by atoms with E-state index >= 15 is 0 Å². The fourth-order valence-electron chi connectivity index (χ4n) is 3.40. The lowest BCUT2D eigenvalue weighted by molar-refractivity contribution is -0.145. The zero-order chi connectivity index (χ0) is 20.6. The molecule has 2 aromatic rings. The van der Waals surface area contributed by atoms with Crippen molar-refractivity contribution in [2.75, 3.05) is 37.7 Å². The van der Waals surface area contributed by atoms with E-state index in [4.69, 9.17) is 9.47 Å². The molecule has 1 unspecified atom stereocenters. The molecule has 1 aromatic carbocycles. The first-order chi connectivity index (χ1) is 14.1. The third kappa shape index (κ3) is 6.25. The van der Waals surface area contributed by atoms with Gasteiger partial charge < -0.3 is 19.7 Å². The highest BCUT2D eigenvalue weighted by Gasteiger charge is 2.24. The van der Waals surface area contributed by atoms with E-state index in [1.807, 2.05) is 26.0 Å². The molecule has 2 heterocycles. The maximum Gasteiger partial charge on any atom is 0.273 e. The van der Waals surface area contributed by atoms with E-state index in [0.717, 1.165) is 24.0 Å². The molecule has 1 amide bonds. The smallest absolute Gasteiger partial charge is 0.273 e. The van der Waals surface area contributed by atoms with Gasteiger partial charge in [-0.15, -0.1) is 5.10 Å². The van der Waals surface area contributed by atoms with Gasteiger partial charge in [0.05, 0.1) is 12.7 Å². The molecule has 0 saturated carbocycles. The van der Waals surface area contributed by atoms with Gasteiger partial charge in [0.1, 0.15) is 0 Å². The zero-order valence-corrected chi connectivity index (χ0v) is 18.5. The number of ether oxygens (including phenoxy) is 2. The van der Waals surface area contributed by atoms with Crippen LogP contribution in [0, 0.1) is 5.92 Å². The van der Waals surface area contributed by atoms with Crippen LogP contribution in [0.3, 0.4) is 0 Å². The van der Waals surface area contributed by atoms with Crippen molar-refractivity contribution in [3.05, 3.63) is 40.6 Å². The summed E-state index contributed by atoms with van der Waals surface area (Å²) in [5.74, 6) is 0.204. The van der Waals surface area contributed by atoms with Gasteiger partial charge in [0, 0.05) is 43.0 Å². The minimum absolute atomic E-state index is 0.207. The second-order valence-corrected chi connectivity index (χ2v) is 7.87. The predicted molar refractivity (Wildman–Crippen MR) is 114 cm³/mol. The maximum absolute atomic E-state index is 12.4. The topological polar surface area (TPSA) is 81.5 Å². The van der Waals surface area contributed by atoms with Gasteiger partial charge in [-0.25, -0.2) is 4.68 Å². The largest absolute Gasteiger partial charge is 0.371 e. The van der Waals surface area contributed by atoms with E-state index in [1.165, 1.54) is 5.69 Å². The number of rotatable bonds is 10. The van der Waals surface area contributed by atoms with Gasteiger partial charge in [0.15, 0.2) is 12.0 Å². The lowest BCUT2D eigenvalue weighted by Crippen LogP contribution is -2.31. The number of nitrogens with one attached hydrogen (secondary N) is 1. The molecular formula is C20H28BrN5O3. The number of hydrogen-bond donors (Lipinski definition) is 1. The fourth-order valence-corrected chi connectivity index (χ4v) is 3.79. The molecule has 1 saturated heterocycles. The summed E-state index contributed by atoms with van der Waals surface area (Å²) in [5, 5.41) is 11.0. The molecule has 0 bridgehead atoms. The molecule has 1 N–H and O–H groups in total. The monoisotopic (exact) mass is 465 g/mol. The molecule has 8 nitrogen and oxygen atoms in total.